The van der Waals surface area contributed by atoms with Gasteiger partial charge in [-0.1, -0.05) is 11.6 Å². The van der Waals surface area contributed by atoms with Crippen LogP contribution in [-0.2, 0) is 6.18 Å². The van der Waals surface area contributed by atoms with E-state index in [4.69, 9.17) is 11.6 Å². The number of methoxy groups -OCH3 is 1. The van der Waals surface area contributed by atoms with E-state index in [-0.39, 0.29) is 5.75 Å². The number of halogens is 4. The fourth-order valence-electron chi connectivity index (χ4n) is 0.741. The Morgan fingerprint density at radius 1 is 1.46 bits per heavy atom. The van der Waals surface area contributed by atoms with Crippen LogP contribution in [0.2, 0.25) is 5.02 Å². The highest BCUT2D eigenvalue weighted by atomic mass is 35.5. The molecule has 0 fully saturated rings. The molecule has 1 heterocycles. The first-order chi connectivity index (χ1) is 5.95. The number of alkyl halides is 3. The number of nitrogens with zero attached hydrogens (tertiary/aromatic N) is 1. The van der Waals surface area contributed by atoms with E-state index in [1.165, 1.54) is 7.11 Å². The quantitative estimate of drug-likeness (QED) is 0.713. The molecule has 0 saturated carbocycles. The van der Waals surface area contributed by atoms with Gasteiger partial charge in [0, 0.05) is 6.07 Å². The molecule has 0 atom stereocenters. The van der Waals surface area contributed by atoms with Crippen molar-refractivity contribution in [3.8, 4) is 5.75 Å². The highest BCUT2D eigenvalue weighted by Gasteiger charge is 2.35. The van der Waals surface area contributed by atoms with Gasteiger partial charge in [-0.3, -0.25) is 0 Å². The molecule has 1 rings (SSSR count). The molecule has 0 amide bonds. The van der Waals surface area contributed by atoms with Gasteiger partial charge in [0.1, 0.15) is 5.75 Å². The van der Waals surface area contributed by atoms with Crippen molar-refractivity contribution in [2.45, 2.75) is 6.18 Å². The molecule has 6 heteroatoms. The van der Waals surface area contributed by atoms with Gasteiger partial charge in [-0.05, 0) is 0 Å². The van der Waals surface area contributed by atoms with Crippen LogP contribution in [-0.4, -0.2) is 12.1 Å². The molecule has 1 aromatic heterocycles. The standard InChI is InChI=1S/C7H5ClF3NO/c1-13-4-2-5(8)6(12-3-4)7(9,10)11/h2-3H,1H3. The lowest BCUT2D eigenvalue weighted by atomic mass is 10.3. The summed E-state index contributed by atoms with van der Waals surface area (Å²) in [6.45, 7) is 0. The smallest absolute Gasteiger partial charge is 0.434 e. The molecule has 0 spiro atoms. The Bertz CT molecular complexity index is 313. The van der Waals surface area contributed by atoms with E-state index in [0.29, 0.717) is 0 Å². The maximum Gasteiger partial charge on any atom is 0.434 e. The first-order valence-electron chi connectivity index (χ1n) is 3.22. The van der Waals surface area contributed by atoms with Gasteiger partial charge in [-0.2, -0.15) is 13.2 Å². The zero-order valence-electron chi connectivity index (χ0n) is 6.52. The first kappa shape index (κ1) is 10.1. The summed E-state index contributed by atoms with van der Waals surface area (Å²) in [5, 5.41) is -0.466. The molecule has 0 aromatic carbocycles. The SMILES string of the molecule is COc1cnc(C(F)(F)F)c(Cl)c1. The van der Waals surface area contributed by atoms with Crippen LogP contribution in [0.3, 0.4) is 0 Å². The first-order valence-corrected chi connectivity index (χ1v) is 3.59. The lowest BCUT2D eigenvalue weighted by Gasteiger charge is -2.08. The highest BCUT2D eigenvalue weighted by molar-refractivity contribution is 6.31. The minimum absolute atomic E-state index is 0.193. The Kier molecular flexibility index (Phi) is 2.66. The third kappa shape index (κ3) is 2.24. The molecule has 0 aliphatic heterocycles. The second-order valence-electron chi connectivity index (χ2n) is 2.20. The molecule has 0 saturated heterocycles. The molecule has 0 unspecified atom stereocenters. The zero-order chi connectivity index (χ0) is 10.1. The van der Waals surface area contributed by atoms with Crippen LogP contribution in [0.25, 0.3) is 0 Å². The summed E-state index contributed by atoms with van der Waals surface area (Å²) in [7, 11) is 1.32. The molecule has 0 radical (unpaired) electrons. The van der Waals surface area contributed by atoms with E-state index in [0.717, 1.165) is 12.3 Å². The van der Waals surface area contributed by atoms with Crippen molar-refractivity contribution in [2.75, 3.05) is 7.11 Å². The Labute approximate surface area is 77.3 Å². The van der Waals surface area contributed by atoms with E-state index in [1.807, 2.05) is 0 Å². The van der Waals surface area contributed by atoms with Crippen molar-refractivity contribution >= 4 is 11.6 Å². The minimum atomic E-state index is -4.52. The second-order valence-corrected chi connectivity index (χ2v) is 2.61. The molecule has 0 bridgehead atoms. The maximum absolute atomic E-state index is 12.1. The van der Waals surface area contributed by atoms with Crippen LogP contribution in [0.15, 0.2) is 12.3 Å². The van der Waals surface area contributed by atoms with Crippen LogP contribution >= 0.6 is 11.6 Å². The van der Waals surface area contributed by atoms with Gasteiger partial charge in [-0.25, -0.2) is 4.98 Å². The Morgan fingerprint density at radius 3 is 2.46 bits per heavy atom. The predicted octanol–water partition coefficient (Wildman–Crippen LogP) is 2.76. The topological polar surface area (TPSA) is 22.1 Å². The average Bonchev–Trinajstić information content (AvgIpc) is 2.01. The molecule has 0 aliphatic rings. The largest absolute Gasteiger partial charge is 0.495 e. The van der Waals surface area contributed by atoms with E-state index < -0.39 is 16.9 Å². The number of hydrogen-bond donors (Lipinski definition) is 0. The number of pyridine rings is 1. The van der Waals surface area contributed by atoms with Crippen molar-refractivity contribution < 1.29 is 17.9 Å². The van der Waals surface area contributed by atoms with E-state index >= 15 is 0 Å². The molecule has 0 N–H and O–H groups in total. The van der Waals surface area contributed by atoms with Gasteiger partial charge in [0.25, 0.3) is 0 Å². The van der Waals surface area contributed by atoms with Crippen molar-refractivity contribution in [3.05, 3.63) is 23.0 Å². The predicted molar refractivity (Wildman–Crippen MR) is 40.8 cm³/mol. The lowest BCUT2D eigenvalue weighted by Crippen LogP contribution is -2.08. The summed E-state index contributed by atoms with van der Waals surface area (Å²) in [5.74, 6) is 0.193. The third-order valence-corrected chi connectivity index (χ3v) is 1.61. The molecule has 72 valence electrons. The van der Waals surface area contributed by atoms with Crippen molar-refractivity contribution in [3.63, 3.8) is 0 Å². The van der Waals surface area contributed by atoms with Crippen LogP contribution in [0, 0.1) is 0 Å². The van der Waals surface area contributed by atoms with Crippen LogP contribution in [0.1, 0.15) is 5.69 Å². The normalized spacial score (nSPS) is 11.5. The number of hydrogen-bond acceptors (Lipinski definition) is 2. The summed E-state index contributed by atoms with van der Waals surface area (Å²) in [6, 6.07) is 1.07. The van der Waals surface area contributed by atoms with Crippen molar-refractivity contribution in [2.24, 2.45) is 0 Å². The number of ether oxygens (including phenoxy) is 1. The van der Waals surface area contributed by atoms with Gasteiger partial charge >= 0.3 is 6.18 Å². The van der Waals surface area contributed by atoms with Gasteiger partial charge in [0.05, 0.1) is 18.3 Å². The molecular weight excluding hydrogens is 207 g/mol. The maximum atomic E-state index is 12.1. The Hall–Kier alpha value is -0.970. The Morgan fingerprint density at radius 2 is 2.08 bits per heavy atom. The monoisotopic (exact) mass is 211 g/mol. The molecular formula is C7H5ClF3NO. The van der Waals surface area contributed by atoms with Crippen molar-refractivity contribution in [1.82, 2.24) is 4.98 Å². The summed E-state index contributed by atoms with van der Waals surface area (Å²) >= 11 is 5.33. The molecule has 2 nitrogen and oxygen atoms in total. The fraction of sp³-hybridized carbons (Fsp3) is 0.286. The minimum Gasteiger partial charge on any atom is -0.495 e. The third-order valence-electron chi connectivity index (χ3n) is 1.32. The molecule has 13 heavy (non-hydrogen) atoms. The zero-order valence-corrected chi connectivity index (χ0v) is 7.28. The summed E-state index contributed by atoms with van der Waals surface area (Å²) in [5.41, 5.74) is -1.10. The summed E-state index contributed by atoms with van der Waals surface area (Å²) in [6.07, 6.45) is -3.56. The van der Waals surface area contributed by atoms with Crippen LogP contribution in [0.5, 0.6) is 5.75 Å². The lowest BCUT2D eigenvalue weighted by molar-refractivity contribution is -0.141. The van der Waals surface area contributed by atoms with E-state index in [2.05, 4.69) is 9.72 Å². The van der Waals surface area contributed by atoms with E-state index in [9.17, 15) is 13.2 Å². The second kappa shape index (κ2) is 3.41. The van der Waals surface area contributed by atoms with Gasteiger partial charge in [0.15, 0.2) is 5.69 Å². The molecule has 1 aromatic rings. The summed E-state index contributed by atoms with van der Waals surface area (Å²) in [4.78, 5) is 3.14. The summed E-state index contributed by atoms with van der Waals surface area (Å²) < 4.78 is 40.9. The van der Waals surface area contributed by atoms with Gasteiger partial charge < -0.3 is 4.74 Å². The Balaban J connectivity index is 3.13. The van der Waals surface area contributed by atoms with Crippen molar-refractivity contribution in [1.29, 1.82) is 0 Å². The van der Waals surface area contributed by atoms with Crippen LogP contribution in [0.4, 0.5) is 13.2 Å². The van der Waals surface area contributed by atoms with Gasteiger partial charge in [-0.15, -0.1) is 0 Å². The number of aromatic nitrogens is 1. The number of rotatable bonds is 1. The highest BCUT2D eigenvalue weighted by Crippen LogP contribution is 2.34. The van der Waals surface area contributed by atoms with Crippen LogP contribution < -0.4 is 4.74 Å². The van der Waals surface area contributed by atoms with Gasteiger partial charge in [0.2, 0.25) is 0 Å². The molecule has 0 aliphatic carbocycles. The fourth-order valence-corrected chi connectivity index (χ4v) is 1.00. The average molecular weight is 212 g/mol. The van der Waals surface area contributed by atoms with E-state index in [1.54, 1.807) is 0 Å².